The summed E-state index contributed by atoms with van der Waals surface area (Å²) < 4.78 is 27.9. The van der Waals surface area contributed by atoms with Gasteiger partial charge in [-0.15, -0.1) is 11.8 Å². The maximum Gasteiger partial charge on any atom is 0.241 e. The largest absolute Gasteiger partial charge is 0.241 e. The highest BCUT2D eigenvalue weighted by Gasteiger charge is 2.26. The van der Waals surface area contributed by atoms with Crippen molar-refractivity contribution in [1.29, 1.82) is 5.26 Å². The molecule has 0 aromatic heterocycles. The summed E-state index contributed by atoms with van der Waals surface area (Å²) in [4.78, 5) is 1.24. The third-order valence-corrected chi connectivity index (χ3v) is 6.12. The van der Waals surface area contributed by atoms with Crippen molar-refractivity contribution in [3.63, 3.8) is 0 Å². The maximum absolute atomic E-state index is 12.6. The SMILES string of the molecule is N#Cc1cccc(S(=O)(=O)NC2CCSc3ccccc32)c1. The van der Waals surface area contributed by atoms with Crippen molar-refractivity contribution in [1.82, 2.24) is 4.72 Å². The predicted molar refractivity (Wildman–Crippen MR) is 86.0 cm³/mol. The van der Waals surface area contributed by atoms with Gasteiger partial charge in [-0.2, -0.15) is 5.26 Å². The van der Waals surface area contributed by atoms with Crippen LogP contribution in [0.4, 0.5) is 0 Å². The fourth-order valence-corrected chi connectivity index (χ4v) is 4.87. The molecule has 0 amide bonds. The van der Waals surface area contributed by atoms with Gasteiger partial charge in [0.05, 0.1) is 16.5 Å². The fourth-order valence-electron chi connectivity index (χ4n) is 2.45. The number of benzene rings is 2. The first kappa shape index (κ1) is 15.1. The molecule has 0 radical (unpaired) electrons. The topological polar surface area (TPSA) is 70.0 Å². The lowest BCUT2D eigenvalue weighted by Gasteiger charge is -2.25. The highest BCUT2D eigenvalue weighted by atomic mass is 32.2. The number of nitriles is 1. The third-order valence-electron chi connectivity index (χ3n) is 3.53. The molecule has 4 nitrogen and oxygen atoms in total. The molecule has 1 heterocycles. The van der Waals surface area contributed by atoms with E-state index < -0.39 is 10.0 Å². The van der Waals surface area contributed by atoms with E-state index in [9.17, 15) is 8.42 Å². The van der Waals surface area contributed by atoms with Gasteiger partial charge in [0.1, 0.15) is 0 Å². The van der Waals surface area contributed by atoms with Gasteiger partial charge in [0.25, 0.3) is 0 Å². The van der Waals surface area contributed by atoms with Crippen molar-refractivity contribution in [2.75, 3.05) is 5.75 Å². The Bertz CT molecular complexity index is 841. The monoisotopic (exact) mass is 330 g/mol. The summed E-state index contributed by atoms with van der Waals surface area (Å²) in [6, 6.07) is 15.7. The molecule has 0 spiro atoms. The van der Waals surface area contributed by atoms with Crippen LogP contribution in [0.15, 0.2) is 58.3 Å². The van der Waals surface area contributed by atoms with Gasteiger partial charge in [-0.1, -0.05) is 24.3 Å². The van der Waals surface area contributed by atoms with Gasteiger partial charge in [-0.3, -0.25) is 0 Å². The molecular formula is C16H14N2O2S2. The number of hydrogen-bond donors (Lipinski definition) is 1. The van der Waals surface area contributed by atoms with E-state index >= 15 is 0 Å². The first-order valence-electron chi connectivity index (χ1n) is 6.84. The maximum atomic E-state index is 12.6. The highest BCUT2D eigenvalue weighted by molar-refractivity contribution is 7.99. The van der Waals surface area contributed by atoms with Crippen LogP contribution in [0, 0.1) is 11.3 Å². The van der Waals surface area contributed by atoms with Gasteiger partial charge in [-0.25, -0.2) is 13.1 Å². The summed E-state index contributed by atoms with van der Waals surface area (Å²) in [5, 5.41) is 8.91. The summed E-state index contributed by atoms with van der Waals surface area (Å²) in [7, 11) is -3.65. The van der Waals surface area contributed by atoms with Crippen LogP contribution in [0.1, 0.15) is 23.6 Å². The molecular weight excluding hydrogens is 316 g/mol. The van der Waals surface area contributed by atoms with E-state index in [-0.39, 0.29) is 10.9 Å². The van der Waals surface area contributed by atoms with E-state index in [1.165, 1.54) is 12.1 Å². The Morgan fingerprint density at radius 1 is 1.18 bits per heavy atom. The number of fused-ring (bicyclic) bond motifs is 1. The molecule has 1 unspecified atom stereocenters. The van der Waals surface area contributed by atoms with Gasteiger partial charge in [0.15, 0.2) is 0 Å². The Morgan fingerprint density at radius 3 is 2.82 bits per heavy atom. The molecule has 1 N–H and O–H groups in total. The smallest absolute Gasteiger partial charge is 0.207 e. The quantitative estimate of drug-likeness (QED) is 0.939. The van der Waals surface area contributed by atoms with E-state index in [2.05, 4.69) is 4.72 Å². The molecule has 0 aliphatic carbocycles. The van der Waals surface area contributed by atoms with Crippen LogP contribution < -0.4 is 4.72 Å². The summed E-state index contributed by atoms with van der Waals surface area (Å²) in [5.74, 6) is 0.877. The van der Waals surface area contributed by atoms with Crippen molar-refractivity contribution in [2.24, 2.45) is 0 Å². The minimum absolute atomic E-state index is 0.127. The lowest BCUT2D eigenvalue weighted by molar-refractivity contribution is 0.546. The van der Waals surface area contributed by atoms with Gasteiger partial charge in [-0.05, 0) is 42.0 Å². The minimum Gasteiger partial charge on any atom is -0.207 e. The Kier molecular flexibility index (Phi) is 4.21. The number of nitrogens with zero attached hydrogens (tertiary/aromatic N) is 1. The normalized spacial score (nSPS) is 17.5. The third kappa shape index (κ3) is 3.02. The summed E-state index contributed by atoms with van der Waals surface area (Å²) in [5.41, 5.74) is 1.35. The highest BCUT2D eigenvalue weighted by Crippen LogP contribution is 2.36. The number of thioether (sulfide) groups is 1. The first-order valence-corrected chi connectivity index (χ1v) is 9.31. The van der Waals surface area contributed by atoms with Gasteiger partial charge in [0.2, 0.25) is 10.0 Å². The number of hydrogen-bond acceptors (Lipinski definition) is 4. The zero-order valence-electron chi connectivity index (χ0n) is 11.7. The molecule has 2 aromatic rings. The Labute approximate surface area is 134 Å². The van der Waals surface area contributed by atoms with Gasteiger partial charge < -0.3 is 0 Å². The molecule has 1 atom stereocenters. The average molecular weight is 330 g/mol. The molecule has 0 saturated carbocycles. The molecule has 6 heteroatoms. The van der Waals surface area contributed by atoms with Crippen LogP contribution in [0.3, 0.4) is 0 Å². The van der Waals surface area contributed by atoms with Crippen LogP contribution in [0.5, 0.6) is 0 Å². The summed E-state index contributed by atoms with van der Waals surface area (Å²) in [6.45, 7) is 0. The summed E-state index contributed by atoms with van der Waals surface area (Å²) in [6.07, 6.45) is 0.749. The van der Waals surface area contributed by atoms with E-state index in [1.54, 1.807) is 23.9 Å². The zero-order chi connectivity index (χ0) is 15.6. The molecule has 0 saturated heterocycles. The number of nitrogens with one attached hydrogen (secondary N) is 1. The second kappa shape index (κ2) is 6.13. The van der Waals surface area contributed by atoms with Crippen molar-refractivity contribution >= 4 is 21.8 Å². The van der Waals surface area contributed by atoms with E-state index in [0.29, 0.717) is 5.56 Å². The molecule has 3 rings (SSSR count). The van der Waals surface area contributed by atoms with Crippen molar-refractivity contribution < 1.29 is 8.42 Å². The van der Waals surface area contributed by atoms with Crippen LogP contribution in [0.2, 0.25) is 0 Å². The lowest BCUT2D eigenvalue weighted by Crippen LogP contribution is -2.30. The predicted octanol–water partition coefficient (Wildman–Crippen LogP) is 3.07. The molecule has 0 fully saturated rings. The average Bonchev–Trinajstić information content (AvgIpc) is 2.55. The number of sulfonamides is 1. The van der Waals surface area contributed by atoms with Gasteiger partial charge in [0, 0.05) is 10.9 Å². The second-order valence-corrected chi connectivity index (χ2v) is 7.84. The Morgan fingerprint density at radius 2 is 2.00 bits per heavy atom. The van der Waals surface area contributed by atoms with Crippen molar-refractivity contribution in [3.8, 4) is 6.07 Å². The Balaban J connectivity index is 1.91. The van der Waals surface area contributed by atoms with Crippen LogP contribution in [-0.2, 0) is 10.0 Å². The van der Waals surface area contributed by atoms with Crippen LogP contribution in [-0.4, -0.2) is 14.2 Å². The zero-order valence-corrected chi connectivity index (χ0v) is 13.3. The van der Waals surface area contributed by atoms with Crippen molar-refractivity contribution in [2.45, 2.75) is 22.3 Å². The standard InChI is InChI=1S/C16H14N2O2S2/c17-11-12-4-3-5-13(10-12)22(19,20)18-15-8-9-21-16-7-2-1-6-14(15)16/h1-7,10,15,18H,8-9H2. The van der Waals surface area contributed by atoms with Crippen LogP contribution >= 0.6 is 11.8 Å². The van der Waals surface area contributed by atoms with Gasteiger partial charge >= 0.3 is 0 Å². The molecule has 112 valence electrons. The summed E-state index contributed by atoms with van der Waals surface area (Å²) >= 11 is 1.74. The second-order valence-electron chi connectivity index (χ2n) is 4.99. The number of rotatable bonds is 3. The molecule has 22 heavy (non-hydrogen) atoms. The fraction of sp³-hybridized carbons (Fsp3) is 0.188. The van der Waals surface area contributed by atoms with Crippen LogP contribution in [0.25, 0.3) is 0 Å². The van der Waals surface area contributed by atoms with E-state index in [1.807, 2.05) is 30.3 Å². The molecule has 2 aromatic carbocycles. The van der Waals surface area contributed by atoms with Crippen molar-refractivity contribution in [3.05, 3.63) is 59.7 Å². The van der Waals surface area contributed by atoms with E-state index in [4.69, 9.17) is 5.26 Å². The first-order chi connectivity index (χ1) is 10.6. The lowest BCUT2D eigenvalue weighted by atomic mass is 10.1. The van der Waals surface area contributed by atoms with E-state index in [0.717, 1.165) is 22.6 Å². The molecule has 0 bridgehead atoms. The molecule has 1 aliphatic heterocycles. The minimum atomic E-state index is -3.65. The molecule has 1 aliphatic rings. The Hall–Kier alpha value is -1.81.